The van der Waals surface area contributed by atoms with E-state index in [1.165, 1.54) is 11.3 Å². The summed E-state index contributed by atoms with van der Waals surface area (Å²) in [6.07, 6.45) is 0. The molecule has 0 fully saturated rings. The molecule has 1 aliphatic heterocycles. The molecule has 23 heavy (non-hydrogen) atoms. The molecule has 3 rings (SSSR count). The van der Waals surface area contributed by atoms with Crippen LogP contribution in [0, 0.1) is 0 Å². The summed E-state index contributed by atoms with van der Waals surface area (Å²) in [5.74, 6) is 0.561. The first-order chi connectivity index (χ1) is 11.0. The Morgan fingerprint density at radius 2 is 2.00 bits per heavy atom. The lowest BCUT2D eigenvalue weighted by Gasteiger charge is -2.05. The van der Waals surface area contributed by atoms with Crippen molar-refractivity contribution in [2.45, 2.75) is 19.9 Å². The number of carbonyl (C=O) groups is 2. The highest BCUT2D eigenvalue weighted by molar-refractivity contribution is 7.14. The first-order valence-corrected chi connectivity index (χ1v) is 7.88. The lowest BCUT2D eigenvalue weighted by atomic mass is 10.2. The maximum Gasteiger partial charge on any atom is 0.271 e. The molecule has 0 radical (unpaired) electrons. The van der Waals surface area contributed by atoms with Crippen LogP contribution in [0.2, 0.25) is 0 Å². The Labute approximate surface area is 136 Å². The number of ether oxygens (including phenoxy) is 2. The van der Waals surface area contributed by atoms with Crippen LogP contribution in [0.4, 0.5) is 5.13 Å². The van der Waals surface area contributed by atoms with Crippen LogP contribution in [0.1, 0.15) is 34.7 Å². The molecular weight excluding hydrogens is 318 g/mol. The van der Waals surface area contributed by atoms with Gasteiger partial charge in [0.2, 0.25) is 6.79 Å². The largest absolute Gasteiger partial charge is 0.454 e. The van der Waals surface area contributed by atoms with Gasteiger partial charge in [-0.25, -0.2) is 4.98 Å². The van der Waals surface area contributed by atoms with Crippen molar-refractivity contribution in [3.05, 3.63) is 34.8 Å². The van der Waals surface area contributed by atoms with Gasteiger partial charge in [-0.3, -0.25) is 14.9 Å². The smallest absolute Gasteiger partial charge is 0.271 e. The summed E-state index contributed by atoms with van der Waals surface area (Å²) in [6.45, 7) is 3.89. The first kappa shape index (κ1) is 15.3. The Bertz CT molecular complexity index is 757. The number of hydrogen-bond donors (Lipinski definition) is 2. The Morgan fingerprint density at radius 1 is 1.22 bits per heavy atom. The minimum atomic E-state index is -0.325. The van der Waals surface area contributed by atoms with Crippen LogP contribution >= 0.6 is 11.3 Å². The van der Waals surface area contributed by atoms with Gasteiger partial charge in [0.25, 0.3) is 11.8 Å². The average Bonchev–Trinajstić information content (AvgIpc) is 3.14. The highest BCUT2D eigenvalue weighted by Gasteiger charge is 2.18. The van der Waals surface area contributed by atoms with Crippen molar-refractivity contribution < 1.29 is 19.1 Å². The zero-order chi connectivity index (χ0) is 16.4. The summed E-state index contributed by atoms with van der Waals surface area (Å²) in [4.78, 5) is 28.2. The molecule has 0 atom stereocenters. The van der Waals surface area contributed by atoms with Gasteiger partial charge in [0.05, 0.1) is 0 Å². The fraction of sp³-hybridized carbons (Fsp3) is 0.267. The molecule has 0 saturated heterocycles. The molecular formula is C15H15N3O4S. The van der Waals surface area contributed by atoms with E-state index < -0.39 is 0 Å². The normalized spacial score (nSPS) is 12.3. The van der Waals surface area contributed by atoms with E-state index in [0.717, 1.165) is 0 Å². The third-order valence-corrected chi connectivity index (χ3v) is 3.77. The van der Waals surface area contributed by atoms with E-state index in [2.05, 4.69) is 15.6 Å². The van der Waals surface area contributed by atoms with E-state index in [1.807, 2.05) is 13.8 Å². The number of thiazole rings is 1. The van der Waals surface area contributed by atoms with E-state index in [4.69, 9.17) is 9.47 Å². The molecule has 1 aromatic heterocycles. The Kier molecular flexibility index (Phi) is 4.16. The van der Waals surface area contributed by atoms with E-state index in [1.54, 1.807) is 23.6 Å². The molecule has 120 valence electrons. The number of hydrogen-bond acceptors (Lipinski definition) is 6. The molecule has 1 aromatic carbocycles. The van der Waals surface area contributed by atoms with Gasteiger partial charge in [-0.2, -0.15) is 0 Å². The lowest BCUT2D eigenvalue weighted by Crippen LogP contribution is -2.30. The number of carbonyl (C=O) groups excluding carboxylic acids is 2. The molecule has 0 bridgehead atoms. The predicted molar refractivity (Wildman–Crippen MR) is 85.2 cm³/mol. The number of nitrogens with zero attached hydrogens (tertiary/aromatic N) is 1. The summed E-state index contributed by atoms with van der Waals surface area (Å²) in [7, 11) is 0. The molecule has 2 heterocycles. The van der Waals surface area contributed by atoms with Crippen molar-refractivity contribution in [2.24, 2.45) is 0 Å². The van der Waals surface area contributed by atoms with Crippen LogP contribution in [0.25, 0.3) is 0 Å². The topological polar surface area (TPSA) is 89.6 Å². The van der Waals surface area contributed by atoms with Gasteiger partial charge >= 0.3 is 0 Å². The standard InChI is InChI=1S/C15H15N3O4S/c1-8(2)16-14(20)10-6-23-15(17-10)18-13(19)9-3-4-11-12(5-9)22-7-21-11/h3-6,8H,7H2,1-2H3,(H,16,20)(H,17,18,19). The third kappa shape index (κ3) is 3.42. The molecule has 1 aliphatic rings. The highest BCUT2D eigenvalue weighted by Crippen LogP contribution is 2.32. The van der Waals surface area contributed by atoms with Crippen LogP contribution in [0.3, 0.4) is 0 Å². The number of rotatable bonds is 4. The predicted octanol–water partition coefficient (Wildman–Crippen LogP) is 2.26. The van der Waals surface area contributed by atoms with Gasteiger partial charge in [-0.1, -0.05) is 0 Å². The summed E-state index contributed by atoms with van der Waals surface area (Å²) >= 11 is 1.19. The second-order valence-electron chi connectivity index (χ2n) is 5.19. The lowest BCUT2D eigenvalue weighted by molar-refractivity contribution is 0.0937. The van der Waals surface area contributed by atoms with Crippen LogP contribution in [0.5, 0.6) is 11.5 Å². The monoisotopic (exact) mass is 333 g/mol. The molecule has 0 spiro atoms. The Hall–Kier alpha value is -2.61. The number of anilines is 1. The number of nitrogens with one attached hydrogen (secondary N) is 2. The second-order valence-corrected chi connectivity index (χ2v) is 6.05. The average molecular weight is 333 g/mol. The molecule has 2 aromatic rings. The van der Waals surface area contributed by atoms with Crippen molar-refractivity contribution in [3.8, 4) is 11.5 Å². The van der Waals surface area contributed by atoms with Gasteiger partial charge in [0.1, 0.15) is 5.69 Å². The fourth-order valence-corrected chi connectivity index (χ4v) is 2.66. The molecule has 0 unspecified atom stereocenters. The number of benzene rings is 1. The van der Waals surface area contributed by atoms with E-state index in [-0.39, 0.29) is 30.3 Å². The number of fused-ring (bicyclic) bond motifs is 1. The molecule has 8 heteroatoms. The SMILES string of the molecule is CC(C)NC(=O)c1csc(NC(=O)c2ccc3c(c2)OCO3)n1. The minimum Gasteiger partial charge on any atom is -0.454 e. The van der Waals surface area contributed by atoms with Gasteiger partial charge in [-0.05, 0) is 32.0 Å². The molecule has 0 aliphatic carbocycles. The van der Waals surface area contributed by atoms with Crippen molar-refractivity contribution in [3.63, 3.8) is 0 Å². The minimum absolute atomic E-state index is 0.0240. The third-order valence-electron chi connectivity index (χ3n) is 3.01. The fourth-order valence-electron chi connectivity index (χ4n) is 1.98. The van der Waals surface area contributed by atoms with Gasteiger partial charge in [-0.15, -0.1) is 11.3 Å². The summed E-state index contributed by atoms with van der Waals surface area (Å²) in [5.41, 5.74) is 0.710. The van der Waals surface area contributed by atoms with Crippen molar-refractivity contribution in [1.82, 2.24) is 10.3 Å². The first-order valence-electron chi connectivity index (χ1n) is 7.00. The van der Waals surface area contributed by atoms with Crippen LogP contribution in [0.15, 0.2) is 23.6 Å². The number of aromatic nitrogens is 1. The zero-order valence-corrected chi connectivity index (χ0v) is 13.4. The van der Waals surface area contributed by atoms with Gasteiger partial charge in [0, 0.05) is 17.0 Å². The summed E-state index contributed by atoms with van der Waals surface area (Å²) in [5, 5.41) is 7.38. The van der Waals surface area contributed by atoms with Crippen LogP contribution in [-0.4, -0.2) is 29.6 Å². The van der Waals surface area contributed by atoms with Gasteiger partial charge < -0.3 is 14.8 Å². The van der Waals surface area contributed by atoms with Crippen LogP contribution < -0.4 is 20.1 Å². The second kappa shape index (κ2) is 6.25. The quantitative estimate of drug-likeness (QED) is 0.896. The zero-order valence-electron chi connectivity index (χ0n) is 12.6. The Balaban J connectivity index is 1.69. The van der Waals surface area contributed by atoms with E-state index in [0.29, 0.717) is 22.2 Å². The van der Waals surface area contributed by atoms with E-state index >= 15 is 0 Å². The van der Waals surface area contributed by atoms with Crippen molar-refractivity contribution in [2.75, 3.05) is 12.1 Å². The maximum atomic E-state index is 12.2. The highest BCUT2D eigenvalue weighted by atomic mass is 32.1. The molecule has 7 nitrogen and oxygen atoms in total. The van der Waals surface area contributed by atoms with Crippen LogP contribution in [-0.2, 0) is 0 Å². The van der Waals surface area contributed by atoms with Crippen molar-refractivity contribution >= 4 is 28.3 Å². The molecule has 2 amide bonds. The molecule has 2 N–H and O–H groups in total. The summed E-state index contributed by atoms with van der Waals surface area (Å²) in [6, 6.07) is 4.96. The van der Waals surface area contributed by atoms with E-state index in [9.17, 15) is 9.59 Å². The van der Waals surface area contributed by atoms with Crippen molar-refractivity contribution in [1.29, 1.82) is 0 Å². The maximum absolute atomic E-state index is 12.2. The van der Waals surface area contributed by atoms with Gasteiger partial charge in [0.15, 0.2) is 16.6 Å². The number of amides is 2. The summed E-state index contributed by atoms with van der Waals surface area (Å²) < 4.78 is 10.4. The Morgan fingerprint density at radius 3 is 2.78 bits per heavy atom. The molecule has 0 saturated carbocycles.